The van der Waals surface area contributed by atoms with Gasteiger partial charge in [0, 0.05) is 106 Å². The molecule has 0 spiro atoms. The first-order chi connectivity index (χ1) is 21.6. The minimum absolute atomic E-state index is 0. The second kappa shape index (κ2) is 41.5. The van der Waals surface area contributed by atoms with Crippen molar-refractivity contribution in [2.75, 3.05) is 26.7 Å². The van der Waals surface area contributed by atoms with Crippen LogP contribution in [0.1, 0.15) is 32.1 Å². The smallest absolute Gasteiger partial charge is 0.513 e. The van der Waals surface area contributed by atoms with Gasteiger partial charge in [0.25, 0.3) is 0 Å². The molecule has 5 aliphatic heterocycles. The first kappa shape index (κ1) is 60.6. The van der Waals surface area contributed by atoms with E-state index in [-0.39, 0.29) is 52.0 Å². The standard InChI is InChI=1S/C6H6BrNP.C6H6INP.C5H7BrNP.C5H7INP.C5H8NP.C2H5OP.2CH3.2V/c2*1-2-9-6-3-5(7)4-8-6;2*1-8-5-2-4(6)3-7-5;1-7-5-3-2-4-6-5;1-4-2-3;;;;/h2*1-2,4,9H,3H2;2*3,8H,2H2,1H3;2,4,7H,3H2,1H3;2,4H,1H3;2*1H3;;/q2*-1;;;;;2*-1;2*+2. The number of hydrogen-bond acceptors (Lipinski definition) is 6. The average molecular weight is 1210 g/mol. The van der Waals surface area contributed by atoms with Gasteiger partial charge in [0.1, 0.15) is 6.03 Å². The van der Waals surface area contributed by atoms with Crippen molar-refractivity contribution in [3.8, 4) is 0 Å². The fourth-order valence-electron chi connectivity index (χ4n) is 2.80. The molecule has 49 heavy (non-hydrogen) atoms. The third-order valence-corrected chi connectivity index (χ3v) is 11.7. The van der Waals surface area contributed by atoms with Gasteiger partial charge in [0.05, 0.1) is 0 Å². The third kappa shape index (κ3) is 34.6. The summed E-state index contributed by atoms with van der Waals surface area (Å²) in [5.74, 6) is 3.32. The predicted molar refractivity (Wildman–Crippen MR) is 259 cm³/mol. The Morgan fingerprint density at radius 1 is 0.653 bits per heavy atom. The minimum atomic E-state index is 0. The molecule has 0 amide bonds. The molecule has 268 valence electrons. The Hall–Kier alpha value is 2.37. The summed E-state index contributed by atoms with van der Waals surface area (Å²) >= 11 is 11.3. The Morgan fingerprint density at radius 3 is 1.24 bits per heavy atom. The van der Waals surface area contributed by atoms with Gasteiger partial charge in [-0.2, -0.15) is 0 Å². The van der Waals surface area contributed by atoms with Gasteiger partial charge in [0.2, 0.25) is 0 Å². The molecule has 5 rings (SSSR count). The van der Waals surface area contributed by atoms with Crippen LogP contribution in [-0.2, 0) is 41.9 Å². The molecular weight excluding hydrogens is 1160 g/mol. The van der Waals surface area contributed by atoms with Crippen molar-refractivity contribution in [2.45, 2.75) is 32.1 Å². The Labute approximate surface area is 375 Å². The van der Waals surface area contributed by atoms with Crippen LogP contribution in [0, 0.1) is 28.0 Å². The summed E-state index contributed by atoms with van der Waals surface area (Å²) in [4.78, 5) is 29.9. The summed E-state index contributed by atoms with van der Waals surface area (Å²) in [7, 11) is 4.29. The summed E-state index contributed by atoms with van der Waals surface area (Å²) in [5.41, 5.74) is 6.33. The normalized spacial score (nSPS) is 16.7. The minimum Gasteiger partial charge on any atom is -0.513 e. The second-order valence-electron chi connectivity index (χ2n) is 8.26. The van der Waals surface area contributed by atoms with E-state index >= 15 is 0 Å². The molecule has 0 aromatic carbocycles. The molecule has 18 heteroatoms. The molecule has 0 saturated heterocycles. The van der Waals surface area contributed by atoms with Crippen LogP contribution in [0.25, 0.3) is 0 Å². The van der Waals surface area contributed by atoms with E-state index in [2.05, 4.69) is 128 Å². The summed E-state index contributed by atoms with van der Waals surface area (Å²) in [5, 5.41) is 0. The Bertz CT molecular complexity index is 1230. The van der Waals surface area contributed by atoms with Gasteiger partial charge in [-0.3, -0.25) is 29.8 Å². The zero-order valence-corrected chi connectivity index (χ0v) is 44.7. The van der Waals surface area contributed by atoms with Crippen molar-refractivity contribution in [3.63, 3.8) is 0 Å². The van der Waals surface area contributed by atoms with E-state index in [4.69, 9.17) is 13.2 Å². The van der Waals surface area contributed by atoms with Crippen molar-refractivity contribution in [1.82, 2.24) is 0 Å². The van der Waals surface area contributed by atoms with Gasteiger partial charge < -0.3 is 28.0 Å². The van der Waals surface area contributed by atoms with Gasteiger partial charge in [-0.15, -0.1) is 0 Å². The molecule has 0 fully saturated rings. The van der Waals surface area contributed by atoms with Crippen LogP contribution < -0.4 is 0 Å². The Morgan fingerprint density at radius 2 is 1.02 bits per heavy atom. The van der Waals surface area contributed by atoms with Crippen LogP contribution in [0.15, 0.2) is 89.8 Å². The van der Waals surface area contributed by atoms with Crippen LogP contribution in [-0.4, -0.2) is 60.0 Å². The summed E-state index contributed by atoms with van der Waals surface area (Å²) in [6.07, 6.45) is 16.7. The number of carbonyl (C=O) groups excluding carboxylic acids is 1. The first-order valence-corrected chi connectivity index (χ1v) is 25.2. The maximum atomic E-state index is 9.19. The number of nitrogens with zero attached hydrogens (tertiary/aromatic N) is 5. The number of carbonyl (C=O) groups is 1. The zero-order valence-electron chi connectivity index (χ0n) is 28.4. The van der Waals surface area contributed by atoms with Crippen LogP contribution in [0.2, 0.25) is 0 Å². The van der Waals surface area contributed by atoms with Crippen LogP contribution in [0.4, 0.5) is 0 Å². The molecule has 0 aromatic heterocycles. The molecule has 5 aliphatic rings. The molecule has 0 N–H and O–H groups in total. The number of hydrogen-bond donors (Lipinski definition) is 0. The third-order valence-electron chi connectivity index (χ3n) is 4.92. The molecule has 0 saturated carbocycles. The maximum Gasteiger partial charge on any atom is 2.00 e. The molecule has 6 unspecified atom stereocenters. The Balaban J connectivity index is -0.000000157. The topological polar surface area (TPSA) is 78.9 Å². The van der Waals surface area contributed by atoms with Gasteiger partial charge in [0.15, 0.2) is 0 Å². The van der Waals surface area contributed by atoms with Gasteiger partial charge in [-0.1, -0.05) is 89.4 Å². The molecule has 6 atom stereocenters. The quantitative estimate of drug-likeness (QED) is 0.103. The zero-order chi connectivity index (χ0) is 33.9. The molecule has 0 bridgehead atoms. The van der Waals surface area contributed by atoms with E-state index in [1.54, 1.807) is 11.6 Å². The average Bonchev–Trinajstić information content (AvgIpc) is 3.89. The predicted octanol–water partition coefficient (Wildman–Crippen LogP) is 13.0. The van der Waals surface area contributed by atoms with Gasteiger partial charge in [-0.05, 0) is 71.8 Å². The number of halogens is 4. The van der Waals surface area contributed by atoms with Crippen LogP contribution in [0.3, 0.4) is 0 Å². The summed E-state index contributed by atoms with van der Waals surface area (Å²) in [6, 6.07) is 0.903. The van der Waals surface area contributed by atoms with E-state index in [1.807, 2.05) is 37.7 Å². The largest absolute Gasteiger partial charge is 2.00 e. The number of allylic oxidation sites excluding steroid dienone is 5. The molecule has 2 radical (unpaired) electrons. The van der Waals surface area contributed by atoms with Crippen LogP contribution in [0.5, 0.6) is 0 Å². The van der Waals surface area contributed by atoms with Gasteiger partial charge in [-0.25, -0.2) is 11.6 Å². The molecule has 0 aliphatic carbocycles. The maximum absolute atomic E-state index is 9.19. The van der Waals surface area contributed by atoms with Crippen molar-refractivity contribution in [2.24, 2.45) is 25.0 Å². The summed E-state index contributed by atoms with van der Waals surface area (Å²) < 4.78 is 5.03. The van der Waals surface area contributed by atoms with E-state index in [0.717, 1.165) is 73.8 Å². The first-order valence-electron chi connectivity index (χ1n) is 13.3. The molecule has 0 aromatic rings. The molecular formula is C31H45Br2I2N5OP6V2. The monoisotopic (exact) mass is 1200 g/mol. The van der Waals surface area contributed by atoms with Gasteiger partial charge >= 0.3 is 37.1 Å². The summed E-state index contributed by atoms with van der Waals surface area (Å²) in [6.45, 7) is 18.8. The van der Waals surface area contributed by atoms with E-state index in [1.165, 1.54) is 33.5 Å². The number of rotatable bonds is 8. The van der Waals surface area contributed by atoms with Crippen molar-refractivity contribution in [1.29, 1.82) is 0 Å². The number of aliphatic imine (C=N–C) groups is 5. The van der Waals surface area contributed by atoms with E-state index < -0.39 is 0 Å². The van der Waals surface area contributed by atoms with Crippen LogP contribution >= 0.6 is 129 Å². The Kier molecular flexibility index (Phi) is 51.4. The molecule has 5 heterocycles. The molecule has 6 nitrogen and oxygen atoms in total. The van der Waals surface area contributed by atoms with Crippen molar-refractivity contribution < 1.29 is 41.9 Å². The SMILES string of the molecule is CPC1=NC=C(Br)C1.CPC1=NC=C(I)C1.CPC1=NC=CC1.CPC=O.[CH-]=CPC1=NC=C(Br)C1.[CH-]=CPC1=NC=C(I)C1.[CH3-].[CH3-].[V+2].[V+2]. The fourth-order valence-corrected chi connectivity index (χ4v) is 8.67. The van der Waals surface area contributed by atoms with Crippen molar-refractivity contribution in [3.05, 3.63) is 92.8 Å². The fraction of sp³-hybridized carbons (Fsp3) is 0.290. The second-order valence-corrected chi connectivity index (χ2v) is 19.5. The van der Waals surface area contributed by atoms with E-state index in [0.29, 0.717) is 25.7 Å². The van der Waals surface area contributed by atoms with Crippen molar-refractivity contribution >= 4 is 162 Å². The van der Waals surface area contributed by atoms with E-state index in [9.17, 15) is 4.79 Å².